The number of hydrogen-bond donors (Lipinski definition) is 2. The summed E-state index contributed by atoms with van der Waals surface area (Å²) in [5.74, 6) is 0. The lowest BCUT2D eigenvalue weighted by Gasteiger charge is -2.14. The van der Waals surface area contributed by atoms with Crippen molar-refractivity contribution >= 4 is 11.4 Å². The van der Waals surface area contributed by atoms with Crippen LogP contribution < -0.4 is 5.32 Å². The van der Waals surface area contributed by atoms with E-state index in [4.69, 9.17) is 4.84 Å². The number of nitro groups is 1. The molecule has 0 spiro atoms. The number of nitro benzene ring substituents is 1. The smallest absolute Gasteiger partial charge is 0.292 e. The van der Waals surface area contributed by atoms with E-state index in [1.54, 1.807) is 12.1 Å². The fourth-order valence-corrected chi connectivity index (χ4v) is 2.84. The van der Waals surface area contributed by atoms with Gasteiger partial charge in [0, 0.05) is 25.7 Å². The van der Waals surface area contributed by atoms with Gasteiger partial charge in [-0.05, 0) is 29.2 Å². The molecule has 0 bridgehead atoms. The highest BCUT2D eigenvalue weighted by molar-refractivity contribution is 5.62. The van der Waals surface area contributed by atoms with Crippen molar-refractivity contribution < 1.29 is 14.9 Å². The molecule has 0 unspecified atom stereocenters. The summed E-state index contributed by atoms with van der Waals surface area (Å²) >= 11 is 0. The second-order valence-electron chi connectivity index (χ2n) is 5.99. The molecular formula is C18H21N3O4. The normalized spacial score (nSPS) is 14.6. The third-order valence-corrected chi connectivity index (χ3v) is 4.10. The van der Waals surface area contributed by atoms with Crippen LogP contribution in [0.2, 0.25) is 0 Å². The minimum absolute atomic E-state index is 0.0265. The van der Waals surface area contributed by atoms with Crippen molar-refractivity contribution in [3.05, 3.63) is 69.3 Å². The van der Waals surface area contributed by atoms with E-state index in [-0.39, 0.29) is 17.2 Å². The van der Waals surface area contributed by atoms with Gasteiger partial charge in [-0.1, -0.05) is 30.3 Å². The van der Waals surface area contributed by atoms with Gasteiger partial charge in [0.1, 0.15) is 5.69 Å². The zero-order valence-electron chi connectivity index (χ0n) is 13.9. The molecule has 0 radical (unpaired) electrons. The first-order chi connectivity index (χ1) is 12.2. The lowest BCUT2D eigenvalue weighted by atomic mass is 10.1. The monoisotopic (exact) mass is 343 g/mol. The Morgan fingerprint density at radius 2 is 2.04 bits per heavy atom. The van der Waals surface area contributed by atoms with Crippen molar-refractivity contribution in [2.75, 3.05) is 18.5 Å². The average Bonchev–Trinajstić information content (AvgIpc) is 3.13. The number of aliphatic hydroxyl groups excluding tert-OH is 1. The third kappa shape index (κ3) is 4.54. The maximum atomic E-state index is 11.4. The molecule has 0 aliphatic carbocycles. The molecular weight excluding hydrogens is 322 g/mol. The van der Waals surface area contributed by atoms with E-state index in [0.29, 0.717) is 25.4 Å². The van der Waals surface area contributed by atoms with Crippen LogP contribution in [0.15, 0.2) is 42.5 Å². The van der Waals surface area contributed by atoms with Crippen LogP contribution in [0.3, 0.4) is 0 Å². The molecule has 2 aromatic rings. The van der Waals surface area contributed by atoms with Crippen LogP contribution in [-0.2, 0) is 24.5 Å². The van der Waals surface area contributed by atoms with Gasteiger partial charge in [0.2, 0.25) is 0 Å². The van der Waals surface area contributed by atoms with Crippen LogP contribution in [0.1, 0.15) is 23.1 Å². The number of hydroxylamine groups is 2. The number of nitrogens with one attached hydrogen (secondary N) is 1. The molecule has 1 heterocycles. The fourth-order valence-electron chi connectivity index (χ4n) is 2.84. The summed E-state index contributed by atoms with van der Waals surface area (Å²) in [6.07, 6.45) is 0.981. The van der Waals surface area contributed by atoms with Crippen molar-refractivity contribution in [3.8, 4) is 0 Å². The van der Waals surface area contributed by atoms with Gasteiger partial charge >= 0.3 is 0 Å². The van der Waals surface area contributed by atoms with Gasteiger partial charge in [0.25, 0.3) is 5.69 Å². The first kappa shape index (κ1) is 17.3. The Morgan fingerprint density at radius 1 is 1.20 bits per heavy atom. The van der Waals surface area contributed by atoms with E-state index in [1.165, 1.54) is 0 Å². The maximum absolute atomic E-state index is 11.4. The zero-order valence-corrected chi connectivity index (χ0v) is 13.9. The predicted molar refractivity (Wildman–Crippen MR) is 93.8 cm³/mol. The molecule has 1 saturated heterocycles. The van der Waals surface area contributed by atoms with Gasteiger partial charge in [-0.15, -0.1) is 0 Å². The number of aliphatic hydroxyl groups is 1. The van der Waals surface area contributed by atoms with Gasteiger partial charge < -0.3 is 10.4 Å². The fraction of sp³-hybridized carbons (Fsp3) is 0.333. The third-order valence-electron chi connectivity index (χ3n) is 4.10. The van der Waals surface area contributed by atoms with Crippen molar-refractivity contribution in [1.29, 1.82) is 0 Å². The Hall–Kier alpha value is -2.48. The number of anilines is 1. The Bertz CT molecular complexity index is 745. The van der Waals surface area contributed by atoms with Crippen LogP contribution in [0.25, 0.3) is 0 Å². The molecule has 1 fully saturated rings. The van der Waals surface area contributed by atoms with Crippen molar-refractivity contribution in [1.82, 2.24) is 5.06 Å². The first-order valence-corrected chi connectivity index (χ1v) is 8.23. The van der Waals surface area contributed by atoms with Crippen LogP contribution in [0.5, 0.6) is 0 Å². The average molecular weight is 343 g/mol. The predicted octanol–water partition coefficient (Wildman–Crippen LogP) is 2.84. The number of nitrogens with zero attached hydrogens (tertiary/aromatic N) is 2. The Kier molecular flexibility index (Phi) is 5.60. The van der Waals surface area contributed by atoms with Crippen LogP contribution in [-0.4, -0.2) is 28.2 Å². The molecule has 0 atom stereocenters. The Balaban J connectivity index is 1.72. The number of benzene rings is 2. The van der Waals surface area contributed by atoms with Crippen molar-refractivity contribution in [2.24, 2.45) is 0 Å². The van der Waals surface area contributed by atoms with E-state index < -0.39 is 0 Å². The summed E-state index contributed by atoms with van der Waals surface area (Å²) in [6.45, 7) is 2.51. The van der Waals surface area contributed by atoms with Crippen LogP contribution in [0.4, 0.5) is 11.4 Å². The van der Waals surface area contributed by atoms with Gasteiger partial charge in [-0.2, -0.15) is 5.06 Å². The molecule has 1 aliphatic heterocycles. The lowest BCUT2D eigenvalue weighted by molar-refractivity contribution is -0.384. The van der Waals surface area contributed by atoms with E-state index in [0.717, 1.165) is 29.7 Å². The summed E-state index contributed by atoms with van der Waals surface area (Å²) in [5, 5.41) is 25.5. The second-order valence-corrected chi connectivity index (χ2v) is 5.99. The molecule has 0 saturated carbocycles. The number of rotatable bonds is 7. The summed E-state index contributed by atoms with van der Waals surface area (Å²) in [5.41, 5.74) is 3.15. The zero-order chi connectivity index (χ0) is 17.6. The highest BCUT2D eigenvalue weighted by atomic mass is 16.7. The van der Waals surface area contributed by atoms with Crippen molar-refractivity contribution in [3.63, 3.8) is 0 Å². The Morgan fingerprint density at radius 3 is 2.76 bits per heavy atom. The molecule has 2 aromatic carbocycles. The largest absolute Gasteiger partial charge is 0.392 e. The highest BCUT2D eigenvalue weighted by Gasteiger charge is 2.18. The highest BCUT2D eigenvalue weighted by Crippen LogP contribution is 2.27. The summed E-state index contributed by atoms with van der Waals surface area (Å²) < 4.78 is 0. The van der Waals surface area contributed by atoms with E-state index in [1.807, 2.05) is 35.4 Å². The maximum Gasteiger partial charge on any atom is 0.292 e. The number of hydrogen-bond acceptors (Lipinski definition) is 6. The Labute approximate surface area is 145 Å². The topological polar surface area (TPSA) is 87.9 Å². The summed E-state index contributed by atoms with van der Waals surface area (Å²) in [4.78, 5) is 16.5. The summed E-state index contributed by atoms with van der Waals surface area (Å²) in [6, 6.07) is 12.7. The standard InChI is InChI=1S/C18H21N3O4/c22-13-16-4-1-3-14(9-16)11-19-17-6-5-15(10-18(17)21(23)24)12-20-7-2-8-25-20/h1,3-6,9-10,19,22H,2,7-8,11-13H2. The first-order valence-electron chi connectivity index (χ1n) is 8.23. The minimum Gasteiger partial charge on any atom is -0.392 e. The molecule has 7 heteroatoms. The second kappa shape index (κ2) is 8.06. The SMILES string of the molecule is O=[N+]([O-])c1cc(CN2CCCO2)ccc1NCc1cccc(CO)c1. The molecule has 25 heavy (non-hydrogen) atoms. The van der Waals surface area contributed by atoms with E-state index in [9.17, 15) is 15.2 Å². The molecule has 132 valence electrons. The lowest BCUT2D eigenvalue weighted by Crippen LogP contribution is -2.17. The van der Waals surface area contributed by atoms with Gasteiger partial charge in [0.05, 0.1) is 18.1 Å². The van der Waals surface area contributed by atoms with Gasteiger partial charge in [-0.25, -0.2) is 0 Å². The summed E-state index contributed by atoms with van der Waals surface area (Å²) in [7, 11) is 0. The van der Waals surface area contributed by atoms with Crippen molar-refractivity contribution in [2.45, 2.75) is 26.1 Å². The minimum atomic E-state index is -0.374. The molecule has 1 aliphatic rings. The van der Waals surface area contributed by atoms with Crippen LogP contribution >= 0.6 is 0 Å². The quantitative estimate of drug-likeness (QED) is 0.594. The van der Waals surface area contributed by atoms with E-state index >= 15 is 0 Å². The molecule has 2 N–H and O–H groups in total. The van der Waals surface area contributed by atoms with Crippen LogP contribution in [0, 0.1) is 10.1 Å². The molecule has 0 amide bonds. The molecule has 3 rings (SSSR count). The molecule has 0 aromatic heterocycles. The van der Waals surface area contributed by atoms with Gasteiger partial charge in [-0.3, -0.25) is 15.0 Å². The van der Waals surface area contributed by atoms with Gasteiger partial charge in [0.15, 0.2) is 0 Å². The molecule has 7 nitrogen and oxygen atoms in total. The van der Waals surface area contributed by atoms with E-state index in [2.05, 4.69) is 5.32 Å².